The lowest BCUT2D eigenvalue weighted by atomic mass is 10.1. The van der Waals surface area contributed by atoms with Gasteiger partial charge in [-0.15, -0.1) is 0 Å². The first-order chi connectivity index (χ1) is 13.2. The van der Waals surface area contributed by atoms with E-state index in [1.807, 2.05) is 11.4 Å². The van der Waals surface area contributed by atoms with E-state index in [0.717, 1.165) is 6.42 Å². The first kappa shape index (κ1) is 18.5. The lowest BCUT2D eigenvalue weighted by Gasteiger charge is -2.25. The second-order valence-electron chi connectivity index (χ2n) is 6.47. The Balaban J connectivity index is 1.86. The average Bonchev–Trinajstić information content (AvgIpc) is 2.74. The molecule has 0 aliphatic heterocycles. The lowest BCUT2D eigenvalue weighted by Crippen LogP contribution is -2.17. The maximum Gasteiger partial charge on any atom is 0.0661 e. The van der Waals surface area contributed by atoms with Crippen LogP contribution in [0.5, 0.6) is 0 Å². The molecule has 4 aromatic rings. The Morgan fingerprint density at radius 1 is 0.741 bits per heavy atom. The zero-order valence-corrected chi connectivity index (χ0v) is 17.7. The second kappa shape index (κ2) is 8.02. The molecule has 0 aliphatic carbocycles. The van der Waals surface area contributed by atoms with Crippen LogP contribution < -0.4 is 10.6 Å². The van der Waals surface area contributed by atoms with E-state index in [1.54, 1.807) is 0 Å². The summed E-state index contributed by atoms with van der Waals surface area (Å²) >= 11 is 8.34. The van der Waals surface area contributed by atoms with Gasteiger partial charge in [0.05, 0.1) is 5.24 Å². The number of fused-ring (bicyclic) bond motifs is 1. The van der Waals surface area contributed by atoms with Crippen molar-refractivity contribution in [2.75, 3.05) is 0 Å². The minimum Gasteiger partial charge on any atom is -0.0790 e. The standard InChI is InChI=1S/C24H21PS2/c1-2-19-10-8-9-15-24(19)25(26,22-13-4-3-5-14-22)27-23-17-16-20-11-6-7-12-21(20)18-23/h3-18H,2H2,1H3. The van der Waals surface area contributed by atoms with Crippen LogP contribution in [0.1, 0.15) is 12.5 Å². The van der Waals surface area contributed by atoms with Crippen LogP contribution in [0.15, 0.2) is 102 Å². The smallest absolute Gasteiger partial charge is 0.0661 e. The summed E-state index contributed by atoms with van der Waals surface area (Å²) in [5.74, 6) is 0. The highest BCUT2D eigenvalue weighted by molar-refractivity contribution is 8.75. The van der Waals surface area contributed by atoms with Crippen molar-refractivity contribution in [1.29, 1.82) is 0 Å². The third kappa shape index (κ3) is 3.75. The van der Waals surface area contributed by atoms with Crippen molar-refractivity contribution in [2.24, 2.45) is 0 Å². The summed E-state index contributed by atoms with van der Waals surface area (Å²) in [4.78, 5) is 1.24. The molecule has 0 saturated heterocycles. The summed E-state index contributed by atoms with van der Waals surface area (Å²) in [7, 11) is 0. The maximum absolute atomic E-state index is 6.47. The molecular weight excluding hydrogens is 383 g/mol. The fourth-order valence-corrected chi connectivity index (χ4v) is 10.3. The van der Waals surface area contributed by atoms with Gasteiger partial charge in [0, 0.05) is 10.2 Å². The van der Waals surface area contributed by atoms with Gasteiger partial charge in [-0.3, -0.25) is 0 Å². The lowest BCUT2D eigenvalue weighted by molar-refractivity contribution is 1.15. The number of hydrogen-bond acceptors (Lipinski definition) is 2. The Bertz CT molecular complexity index is 1120. The SMILES string of the molecule is CCc1ccccc1P(=S)(Sc1ccc2ccccc2c1)c1ccccc1. The maximum atomic E-state index is 6.47. The van der Waals surface area contributed by atoms with Crippen molar-refractivity contribution in [1.82, 2.24) is 0 Å². The van der Waals surface area contributed by atoms with E-state index in [-0.39, 0.29) is 0 Å². The van der Waals surface area contributed by atoms with Gasteiger partial charge in [-0.05, 0) is 40.2 Å². The van der Waals surface area contributed by atoms with Crippen LogP contribution in [0, 0.1) is 0 Å². The average molecular weight is 405 g/mol. The minimum absolute atomic E-state index is 1.000. The second-order valence-corrected chi connectivity index (χ2v) is 13.8. The molecule has 4 rings (SSSR count). The first-order valence-corrected chi connectivity index (χ1v) is 13.4. The molecule has 0 spiro atoms. The van der Waals surface area contributed by atoms with Gasteiger partial charge < -0.3 is 0 Å². The van der Waals surface area contributed by atoms with E-state index >= 15 is 0 Å². The third-order valence-corrected chi connectivity index (χ3v) is 12.0. The molecule has 0 aromatic heterocycles. The molecule has 0 nitrogen and oxygen atoms in total. The Morgan fingerprint density at radius 3 is 2.19 bits per heavy atom. The van der Waals surface area contributed by atoms with Crippen LogP contribution in [-0.2, 0) is 18.2 Å². The van der Waals surface area contributed by atoms with E-state index in [2.05, 4.69) is 104 Å². The van der Waals surface area contributed by atoms with E-state index in [9.17, 15) is 0 Å². The molecule has 0 bridgehead atoms. The Labute approximate surface area is 170 Å². The first-order valence-electron chi connectivity index (χ1n) is 9.13. The van der Waals surface area contributed by atoms with Crippen LogP contribution in [0.2, 0.25) is 0 Å². The van der Waals surface area contributed by atoms with Crippen LogP contribution in [0.25, 0.3) is 10.8 Å². The largest absolute Gasteiger partial charge is 0.0790 e. The molecule has 0 radical (unpaired) electrons. The summed E-state index contributed by atoms with van der Waals surface area (Å²) in [6, 6.07) is 34.6. The Hall–Kier alpha value is -1.86. The van der Waals surface area contributed by atoms with Gasteiger partial charge in [0.2, 0.25) is 0 Å². The number of benzene rings is 4. The van der Waals surface area contributed by atoms with Crippen molar-refractivity contribution in [3.8, 4) is 0 Å². The van der Waals surface area contributed by atoms with Crippen LogP contribution in [-0.4, -0.2) is 0 Å². The van der Waals surface area contributed by atoms with Gasteiger partial charge in [0.15, 0.2) is 0 Å². The highest BCUT2D eigenvalue weighted by Crippen LogP contribution is 2.60. The van der Waals surface area contributed by atoms with Gasteiger partial charge in [0.1, 0.15) is 0 Å². The fourth-order valence-electron chi connectivity index (χ4n) is 3.33. The molecular formula is C24H21PS2. The van der Waals surface area contributed by atoms with E-state index in [1.165, 1.54) is 31.8 Å². The molecule has 0 fully saturated rings. The molecule has 134 valence electrons. The van der Waals surface area contributed by atoms with E-state index < -0.39 is 5.24 Å². The molecule has 0 heterocycles. The highest BCUT2D eigenvalue weighted by Gasteiger charge is 2.26. The zero-order valence-electron chi connectivity index (χ0n) is 15.2. The van der Waals surface area contributed by atoms with Crippen molar-refractivity contribution in [3.05, 3.63) is 103 Å². The topological polar surface area (TPSA) is 0 Å². The summed E-state index contributed by atoms with van der Waals surface area (Å²) < 4.78 is 0. The number of hydrogen-bond donors (Lipinski definition) is 0. The molecule has 3 heteroatoms. The Kier molecular flexibility index (Phi) is 5.50. The predicted octanol–water partition coefficient (Wildman–Crippen LogP) is 6.54. The van der Waals surface area contributed by atoms with Gasteiger partial charge in [-0.2, -0.15) is 0 Å². The molecule has 1 unspecified atom stereocenters. The van der Waals surface area contributed by atoms with Gasteiger partial charge in [-0.25, -0.2) is 0 Å². The van der Waals surface area contributed by atoms with E-state index in [4.69, 9.17) is 11.8 Å². The van der Waals surface area contributed by atoms with Crippen molar-refractivity contribution < 1.29 is 0 Å². The monoisotopic (exact) mass is 404 g/mol. The molecule has 1 atom stereocenters. The summed E-state index contributed by atoms with van der Waals surface area (Å²) in [5.41, 5.74) is 1.36. The van der Waals surface area contributed by atoms with Crippen LogP contribution >= 0.6 is 16.6 Å². The minimum atomic E-state index is -2.03. The summed E-state index contributed by atoms with van der Waals surface area (Å²) in [6.07, 6.45) is 1.000. The summed E-state index contributed by atoms with van der Waals surface area (Å²) in [5, 5.41) is 3.09. The molecule has 0 N–H and O–H groups in total. The number of rotatable bonds is 5. The fraction of sp³-hybridized carbons (Fsp3) is 0.0833. The zero-order chi connectivity index (χ0) is 18.7. The van der Waals surface area contributed by atoms with Crippen molar-refractivity contribution in [2.45, 2.75) is 18.2 Å². The molecule has 27 heavy (non-hydrogen) atoms. The molecule has 4 aromatic carbocycles. The van der Waals surface area contributed by atoms with Gasteiger partial charge in [-0.1, -0.05) is 115 Å². The van der Waals surface area contributed by atoms with Gasteiger partial charge in [0.25, 0.3) is 0 Å². The Morgan fingerprint density at radius 2 is 1.41 bits per heavy atom. The molecule has 0 amide bonds. The summed E-state index contributed by atoms with van der Waals surface area (Å²) in [6.45, 7) is 2.21. The molecule has 0 aliphatic rings. The van der Waals surface area contributed by atoms with Crippen molar-refractivity contribution in [3.63, 3.8) is 0 Å². The molecule has 0 saturated carbocycles. The van der Waals surface area contributed by atoms with Crippen LogP contribution in [0.4, 0.5) is 0 Å². The van der Waals surface area contributed by atoms with Gasteiger partial charge >= 0.3 is 0 Å². The number of aryl methyl sites for hydroxylation is 1. The predicted molar refractivity (Wildman–Crippen MR) is 126 cm³/mol. The normalized spacial score (nSPS) is 13.4. The quantitative estimate of drug-likeness (QED) is 0.346. The van der Waals surface area contributed by atoms with Crippen LogP contribution in [0.3, 0.4) is 0 Å². The third-order valence-electron chi connectivity index (χ3n) is 4.74. The van der Waals surface area contributed by atoms with E-state index in [0.29, 0.717) is 0 Å². The highest BCUT2D eigenvalue weighted by atomic mass is 32.9. The van der Waals surface area contributed by atoms with Crippen molar-refractivity contribution >= 4 is 49.8 Å².